The summed E-state index contributed by atoms with van der Waals surface area (Å²) in [6.07, 6.45) is 7.38. The predicted octanol–water partition coefficient (Wildman–Crippen LogP) is 3.90. The molecule has 1 unspecified atom stereocenters. The molecule has 0 fully saturated rings. The van der Waals surface area contributed by atoms with E-state index in [1.165, 1.54) is 4.57 Å². The fraction of sp³-hybridized carbons (Fsp3) is 0.278. The maximum absolute atomic E-state index is 13.2. The maximum Gasteiger partial charge on any atom is 0.439 e. The Labute approximate surface area is 136 Å². The summed E-state index contributed by atoms with van der Waals surface area (Å²) in [7, 11) is 0. The van der Waals surface area contributed by atoms with Crippen LogP contribution in [0.1, 0.15) is 32.8 Å². The fourth-order valence-electron chi connectivity index (χ4n) is 3.13. The van der Waals surface area contributed by atoms with Crippen LogP contribution >= 0.6 is 0 Å². The third kappa shape index (κ3) is 2.33. The van der Waals surface area contributed by atoms with Gasteiger partial charge in [-0.25, -0.2) is 14.3 Å². The van der Waals surface area contributed by atoms with Gasteiger partial charge in [0.2, 0.25) is 6.34 Å². The Balaban J connectivity index is 2.17. The summed E-state index contributed by atoms with van der Waals surface area (Å²) in [5.41, 5.74) is 2.96. The number of aromatic nitrogens is 2. The van der Waals surface area contributed by atoms with Crippen molar-refractivity contribution < 1.29 is 9.28 Å². The van der Waals surface area contributed by atoms with E-state index in [1.807, 2.05) is 44.2 Å². The minimum absolute atomic E-state index is 0.0461. The van der Waals surface area contributed by atoms with Crippen molar-refractivity contribution in [1.82, 2.24) is 9.55 Å². The van der Waals surface area contributed by atoms with Gasteiger partial charge in [0.1, 0.15) is 18.1 Å². The number of benzene rings is 1. The number of carbonyl (C=O) groups excluding carboxylic acids is 1. The number of quaternary nitrogens is 1. The lowest BCUT2D eigenvalue weighted by Gasteiger charge is -2.33. The number of carbonyl (C=O) groups is 1. The monoisotopic (exact) mass is 309 g/mol. The van der Waals surface area contributed by atoms with Crippen LogP contribution in [0.25, 0.3) is 5.70 Å². The molecule has 2 heterocycles. The van der Waals surface area contributed by atoms with Crippen LogP contribution in [-0.4, -0.2) is 32.4 Å². The molecule has 0 spiro atoms. The fourth-order valence-corrected chi connectivity index (χ4v) is 3.13. The van der Waals surface area contributed by atoms with Crippen LogP contribution in [-0.2, 0) is 0 Å². The van der Waals surface area contributed by atoms with Gasteiger partial charge in [-0.3, -0.25) is 0 Å². The molecule has 1 aromatic carbocycles. The van der Waals surface area contributed by atoms with Crippen molar-refractivity contribution in [2.24, 2.45) is 4.99 Å². The summed E-state index contributed by atoms with van der Waals surface area (Å²) in [5, 5.41) is 0. The molecule has 5 heteroatoms. The molecule has 118 valence electrons. The lowest BCUT2D eigenvalue weighted by Crippen LogP contribution is -2.55. The molecule has 0 bridgehead atoms. The maximum atomic E-state index is 13.2. The number of hydrogen-bond donors (Lipinski definition) is 0. The zero-order chi connectivity index (χ0) is 16.4. The summed E-state index contributed by atoms with van der Waals surface area (Å²) in [5.74, 6) is 0. The van der Waals surface area contributed by atoms with Crippen molar-refractivity contribution in [1.29, 1.82) is 0 Å². The number of imidazole rings is 1. The molecular formula is C18H21N4O+. The molecule has 1 atom stereocenters. The van der Waals surface area contributed by atoms with Gasteiger partial charge in [-0.15, -0.1) is 0 Å². The molecule has 23 heavy (non-hydrogen) atoms. The average Bonchev–Trinajstić information content (AvgIpc) is 3.22. The van der Waals surface area contributed by atoms with Crippen LogP contribution in [0.4, 0.5) is 4.79 Å². The van der Waals surface area contributed by atoms with Crippen LogP contribution in [0.3, 0.4) is 0 Å². The molecule has 1 amide bonds. The first-order chi connectivity index (χ1) is 11.1. The van der Waals surface area contributed by atoms with Gasteiger partial charge < -0.3 is 0 Å². The van der Waals surface area contributed by atoms with Crippen LogP contribution in [0.5, 0.6) is 0 Å². The van der Waals surface area contributed by atoms with Gasteiger partial charge >= 0.3 is 6.03 Å². The van der Waals surface area contributed by atoms with Crippen molar-refractivity contribution in [2.75, 3.05) is 0 Å². The minimum atomic E-state index is -0.0518. The highest BCUT2D eigenvalue weighted by Crippen LogP contribution is 2.37. The Hall–Kier alpha value is -2.53. The van der Waals surface area contributed by atoms with Gasteiger partial charge in [0.05, 0.1) is 0 Å². The molecular weight excluding hydrogens is 288 g/mol. The van der Waals surface area contributed by atoms with Crippen molar-refractivity contribution in [3.63, 3.8) is 0 Å². The van der Waals surface area contributed by atoms with E-state index < -0.39 is 0 Å². The van der Waals surface area contributed by atoms with Gasteiger partial charge in [-0.05, 0) is 13.8 Å². The second-order valence-corrected chi connectivity index (χ2v) is 5.88. The molecule has 0 saturated carbocycles. The number of nitrogens with zero attached hydrogens (tertiary/aromatic N) is 4. The van der Waals surface area contributed by atoms with E-state index in [0.29, 0.717) is 0 Å². The summed E-state index contributed by atoms with van der Waals surface area (Å²) in [4.78, 5) is 21.8. The van der Waals surface area contributed by atoms with Gasteiger partial charge in [0.25, 0.3) is 0 Å². The molecule has 1 aromatic heterocycles. The predicted molar refractivity (Wildman–Crippen MR) is 90.6 cm³/mol. The second kappa shape index (κ2) is 5.93. The van der Waals surface area contributed by atoms with E-state index in [2.05, 4.69) is 16.9 Å². The lowest BCUT2D eigenvalue weighted by molar-refractivity contribution is -0.733. The zero-order valence-corrected chi connectivity index (χ0v) is 13.7. The molecule has 5 nitrogen and oxygen atoms in total. The smallest absolute Gasteiger partial charge is 0.245 e. The topological polar surface area (TPSA) is 47.2 Å². The summed E-state index contributed by atoms with van der Waals surface area (Å²) < 4.78 is 1.65. The quantitative estimate of drug-likeness (QED) is 0.807. The normalized spacial score (nSPS) is 20.5. The number of rotatable bonds is 3. The highest BCUT2D eigenvalue weighted by atomic mass is 16.2. The summed E-state index contributed by atoms with van der Waals surface area (Å²) in [6.45, 7) is 6.17. The molecule has 0 N–H and O–H groups in total. The third-order valence-corrected chi connectivity index (χ3v) is 4.33. The van der Waals surface area contributed by atoms with E-state index in [-0.39, 0.29) is 16.6 Å². The first-order valence-corrected chi connectivity index (χ1v) is 7.87. The summed E-state index contributed by atoms with van der Waals surface area (Å²) in [6, 6.07) is 10.0. The Morgan fingerprint density at radius 3 is 2.57 bits per heavy atom. The van der Waals surface area contributed by atoms with Gasteiger partial charge in [0, 0.05) is 24.4 Å². The third-order valence-electron chi connectivity index (χ3n) is 4.33. The van der Waals surface area contributed by atoms with Gasteiger partial charge in [-0.1, -0.05) is 37.3 Å². The van der Waals surface area contributed by atoms with Crippen LogP contribution in [0.15, 0.2) is 59.7 Å². The number of aliphatic imine (C=N–C) groups is 1. The van der Waals surface area contributed by atoms with Crippen LogP contribution in [0, 0.1) is 0 Å². The first-order valence-electron chi connectivity index (χ1n) is 7.87. The van der Waals surface area contributed by atoms with E-state index in [1.54, 1.807) is 25.1 Å². The molecule has 1 aliphatic rings. The Morgan fingerprint density at radius 2 is 2.00 bits per heavy atom. The number of allylic oxidation sites excluding steroid dienone is 1. The van der Waals surface area contributed by atoms with Crippen molar-refractivity contribution in [3.8, 4) is 0 Å². The van der Waals surface area contributed by atoms with E-state index >= 15 is 0 Å². The Bertz CT molecular complexity index is 760. The molecule has 0 saturated heterocycles. The lowest BCUT2D eigenvalue weighted by atomic mass is 10.1. The molecule has 3 rings (SSSR count). The Morgan fingerprint density at radius 1 is 1.26 bits per heavy atom. The highest BCUT2D eigenvalue weighted by Gasteiger charge is 2.48. The molecule has 0 aliphatic carbocycles. The van der Waals surface area contributed by atoms with Crippen molar-refractivity contribution >= 4 is 18.1 Å². The van der Waals surface area contributed by atoms with Crippen LogP contribution in [0.2, 0.25) is 0 Å². The number of amides is 1. The van der Waals surface area contributed by atoms with Gasteiger partial charge in [-0.2, -0.15) is 9.48 Å². The van der Waals surface area contributed by atoms with Crippen molar-refractivity contribution in [3.05, 3.63) is 60.3 Å². The molecule has 0 radical (unpaired) electrons. The van der Waals surface area contributed by atoms with Crippen molar-refractivity contribution in [2.45, 2.75) is 33.2 Å². The molecule has 2 aromatic rings. The number of hydrogen-bond acceptors (Lipinski definition) is 3. The Kier molecular flexibility index (Phi) is 3.96. The highest BCUT2D eigenvalue weighted by molar-refractivity contribution is 5.87. The second-order valence-electron chi connectivity index (χ2n) is 5.88. The van der Waals surface area contributed by atoms with E-state index in [4.69, 9.17) is 0 Å². The minimum Gasteiger partial charge on any atom is -0.245 e. The average molecular weight is 309 g/mol. The first kappa shape index (κ1) is 15.4. The van der Waals surface area contributed by atoms with E-state index in [0.717, 1.165) is 23.4 Å². The zero-order valence-electron chi connectivity index (χ0n) is 13.7. The standard InChI is InChI=1S/C18H21N4O/c1-4-16-17(15-8-6-5-7-9-15)20-13-22(16,14(2)3)18(23)21-11-10-19-12-21/h5-14H,4H2,1-3H3/q+1. The summed E-state index contributed by atoms with van der Waals surface area (Å²) >= 11 is 0. The van der Waals surface area contributed by atoms with Gasteiger partial charge in [0.15, 0.2) is 5.70 Å². The molecule has 1 aliphatic heterocycles. The van der Waals surface area contributed by atoms with Crippen LogP contribution < -0.4 is 0 Å². The van der Waals surface area contributed by atoms with E-state index in [9.17, 15) is 4.79 Å². The SMILES string of the molecule is CCC1=C(c2ccccc2)N=C[N+]1(C(=O)n1ccnc1)C(C)C. The largest absolute Gasteiger partial charge is 0.439 e.